The van der Waals surface area contributed by atoms with Crippen molar-refractivity contribution < 1.29 is 4.74 Å². The van der Waals surface area contributed by atoms with Crippen LogP contribution in [-0.4, -0.2) is 12.1 Å². The van der Waals surface area contributed by atoms with Crippen LogP contribution in [0.5, 0.6) is 5.75 Å². The molecule has 1 fully saturated rings. The predicted octanol–water partition coefficient (Wildman–Crippen LogP) is 5.65. The van der Waals surface area contributed by atoms with Crippen LogP contribution in [0.15, 0.2) is 18.2 Å². The van der Waals surface area contributed by atoms with E-state index in [4.69, 9.17) is 16.3 Å². The van der Waals surface area contributed by atoms with Crippen molar-refractivity contribution in [3.05, 3.63) is 23.2 Å². The maximum absolute atomic E-state index is 6.28. The molecule has 0 saturated heterocycles. The lowest BCUT2D eigenvalue weighted by Gasteiger charge is -2.22. The average Bonchev–Trinajstić information content (AvgIpc) is 2.35. The summed E-state index contributed by atoms with van der Waals surface area (Å²) in [4.78, 5) is 0. The molecule has 0 atom stereocenters. The van der Waals surface area contributed by atoms with E-state index in [9.17, 15) is 0 Å². The van der Waals surface area contributed by atoms with Crippen molar-refractivity contribution >= 4 is 17.3 Å². The van der Waals surface area contributed by atoms with Gasteiger partial charge in [-0.1, -0.05) is 43.7 Å². The normalized spacial score (nSPS) is 17.6. The van der Waals surface area contributed by atoms with Crippen LogP contribution in [0, 0.1) is 0 Å². The minimum Gasteiger partial charge on any atom is -0.489 e. The Morgan fingerprint density at radius 3 is 2.35 bits per heavy atom. The first kappa shape index (κ1) is 15.5. The fourth-order valence-corrected chi connectivity index (χ4v) is 3.00. The van der Waals surface area contributed by atoms with Gasteiger partial charge in [-0.25, -0.2) is 0 Å². The fraction of sp³-hybridized carbons (Fsp3) is 0.647. The molecule has 3 heteroatoms. The molecular weight excluding hydrogens is 270 g/mol. The third kappa shape index (κ3) is 4.90. The molecule has 20 heavy (non-hydrogen) atoms. The summed E-state index contributed by atoms with van der Waals surface area (Å²) in [6, 6.07) is 6.61. The Morgan fingerprint density at radius 2 is 1.75 bits per heavy atom. The van der Waals surface area contributed by atoms with Crippen LogP contribution in [0.2, 0.25) is 5.02 Å². The molecule has 0 heterocycles. The molecule has 1 aliphatic rings. The summed E-state index contributed by atoms with van der Waals surface area (Å²) in [6.07, 6.45) is 9.50. The molecule has 112 valence electrons. The van der Waals surface area contributed by atoms with Gasteiger partial charge in [-0.05, 0) is 44.9 Å². The summed E-state index contributed by atoms with van der Waals surface area (Å²) in [5, 5.41) is 4.32. The summed E-state index contributed by atoms with van der Waals surface area (Å²) in [5.41, 5.74) is 1.11. The highest BCUT2D eigenvalue weighted by Gasteiger charge is 2.12. The van der Waals surface area contributed by atoms with Crippen molar-refractivity contribution in [3.8, 4) is 5.75 Å². The zero-order valence-corrected chi connectivity index (χ0v) is 13.4. The molecule has 2 nitrogen and oxygen atoms in total. The van der Waals surface area contributed by atoms with Gasteiger partial charge in [0.1, 0.15) is 5.75 Å². The van der Waals surface area contributed by atoms with Crippen LogP contribution in [0.4, 0.5) is 5.69 Å². The van der Waals surface area contributed by atoms with Crippen molar-refractivity contribution in [2.75, 3.05) is 5.32 Å². The number of halogens is 1. The average molecular weight is 296 g/mol. The molecule has 0 amide bonds. The highest BCUT2D eigenvalue weighted by Crippen LogP contribution is 2.29. The standard InChI is InChI=1S/C17H26ClNO/c1-13(2)20-17-11-10-15(12-16(17)18)19-14-8-6-4-3-5-7-9-14/h10-14,19H,3-9H2,1-2H3. The van der Waals surface area contributed by atoms with E-state index in [1.807, 2.05) is 26.0 Å². The molecule has 1 saturated carbocycles. The Hall–Kier alpha value is -0.890. The molecule has 0 radical (unpaired) electrons. The van der Waals surface area contributed by atoms with E-state index in [-0.39, 0.29) is 6.10 Å². The number of hydrogen-bond donors (Lipinski definition) is 1. The molecule has 0 unspecified atom stereocenters. The van der Waals surface area contributed by atoms with Crippen molar-refractivity contribution in [1.82, 2.24) is 0 Å². The number of ether oxygens (including phenoxy) is 1. The monoisotopic (exact) mass is 295 g/mol. The Morgan fingerprint density at radius 1 is 1.10 bits per heavy atom. The van der Waals surface area contributed by atoms with Gasteiger partial charge in [-0.15, -0.1) is 0 Å². The second-order valence-corrected chi connectivity index (χ2v) is 6.41. The highest BCUT2D eigenvalue weighted by atomic mass is 35.5. The largest absolute Gasteiger partial charge is 0.489 e. The van der Waals surface area contributed by atoms with E-state index < -0.39 is 0 Å². The van der Waals surface area contributed by atoms with Gasteiger partial charge in [0.15, 0.2) is 0 Å². The molecule has 1 aliphatic carbocycles. The van der Waals surface area contributed by atoms with Gasteiger partial charge in [0.2, 0.25) is 0 Å². The van der Waals surface area contributed by atoms with E-state index in [2.05, 4.69) is 11.4 Å². The predicted molar refractivity (Wildman–Crippen MR) is 86.9 cm³/mol. The van der Waals surface area contributed by atoms with Crippen LogP contribution in [-0.2, 0) is 0 Å². The minimum absolute atomic E-state index is 0.150. The Bertz CT molecular complexity index is 411. The molecule has 0 aliphatic heterocycles. The van der Waals surface area contributed by atoms with Crippen molar-refractivity contribution in [1.29, 1.82) is 0 Å². The topological polar surface area (TPSA) is 21.3 Å². The Kier molecular flexibility index (Phi) is 6.03. The summed E-state index contributed by atoms with van der Waals surface area (Å²) in [5.74, 6) is 0.768. The van der Waals surface area contributed by atoms with Crippen molar-refractivity contribution in [2.24, 2.45) is 0 Å². The summed E-state index contributed by atoms with van der Waals surface area (Å²) >= 11 is 6.28. The van der Waals surface area contributed by atoms with Gasteiger partial charge in [-0.3, -0.25) is 0 Å². The first-order chi connectivity index (χ1) is 9.65. The highest BCUT2D eigenvalue weighted by molar-refractivity contribution is 6.32. The summed E-state index contributed by atoms with van der Waals surface area (Å²) in [6.45, 7) is 4.02. The summed E-state index contributed by atoms with van der Waals surface area (Å²) < 4.78 is 5.67. The van der Waals surface area contributed by atoms with Crippen LogP contribution in [0.25, 0.3) is 0 Å². The third-order valence-corrected chi connectivity index (χ3v) is 4.07. The van der Waals surface area contributed by atoms with Crippen LogP contribution in [0.1, 0.15) is 58.8 Å². The molecular formula is C17H26ClNO. The van der Waals surface area contributed by atoms with E-state index in [1.54, 1.807) is 0 Å². The molecule has 0 spiro atoms. The van der Waals surface area contributed by atoms with Crippen LogP contribution < -0.4 is 10.1 Å². The molecule has 0 bridgehead atoms. The maximum atomic E-state index is 6.28. The van der Waals surface area contributed by atoms with E-state index in [0.29, 0.717) is 11.1 Å². The molecule has 1 aromatic carbocycles. The lowest BCUT2D eigenvalue weighted by Crippen LogP contribution is -2.20. The minimum atomic E-state index is 0.150. The van der Waals surface area contributed by atoms with Gasteiger partial charge >= 0.3 is 0 Å². The zero-order chi connectivity index (χ0) is 14.4. The van der Waals surface area contributed by atoms with Crippen LogP contribution >= 0.6 is 11.6 Å². The van der Waals surface area contributed by atoms with Gasteiger partial charge in [0.25, 0.3) is 0 Å². The Balaban J connectivity index is 1.96. The lowest BCUT2D eigenvalue weighted by atomic mass is 9.96. The van der Waals surface area contributed by atoms with Gasteiger partial charge in [0, 0.05) is 11.7 Å². The first-order valence-electron chi connectivity index (χ1n) is 7.88. The smallest absolute Gasteiger partial charge is 0.138 e. The number of nitrogens with one attached hydrogen (secondary N) is 1. The molecule has 2 rings (SSSR count). The van der Waals surface area contributed by atoms with E-state index in [1.165, 1.54) is 44.9 Å². The van der Waals surface area contributed by atoms with E-state index >= 15 is 0 Å². The van der Waals surface area contributed by atoms with Crippen molar-refractivity contribution in [3.63, 3.8) is 0 Å². The van der Waals surface area contributed by atoms with Crippen LogP contribution in [0.3, 0.4) is 0 Å². The zero-order valence-electron chi connectivity index (χ0n) is 12.6. The Labute approximate surface area is 127 Å². The number of anilines is 1. The van der Waals surface area contributed by atoms with Gasteiger partial charge in [-0.2, -0.15) is 0 Å². The van der Waals surface area contributed by atoms with E-state index in [0.717, 1.165) is 11.4 Å². The molecule has 0 aromatic heterocycles. The fourth-order valence-electron chi connectivity index (χ4n) is 2.78. The quantitative estimate of drug-likeness (QED) is 0.774. The maximum Gasteiger partial charge on any atom is 0.138 e. The SMILES string of the molecule is CC(C)Oc1ccc(NC2CCCCCCC2)cc1Cl. The number of rotatable bonds is 4. The first-order valence-corrected chi connectivity index (χ1v) is 8.25. The second kappa shape index (κ2) is 7.78. The number of benzene rings is 1. The molecule has 1 N–H and O–H groups in total. The van der Waals surface area contributed by atoms with Crippen molar-refractivity contribution in [2.45, 2.75) is 70.9 Å². The third-order valence-electron chi connectivity index (χ3n) is 3.77. The van der Waals surface area contributed by atoms with Gasteiger partial charge in [0.05, 0.1) is 11.1 Å². The number of hydrogen-bond acceptors (Lipinski definition) is 2. The lowest BCUT2D eigenvalue weighted by molar-refractivity contribution is 0.242. The summed E-state index contributed by atoms with van der Waals surface area (Å²) in [7, 11) is 0. The van der Waals surface area contributed by atoms with Gasteiger partial charge < -0.3 is 10.1 Å². The molecule has 1 aromatic rings. The second-order valence-electron chi connectivity index (χ2n) is 6.00.